The molecule has 0 heterocycles. The zero-order chi connectivity index (χ0) is 10.4. The Labute approximate surface area is 103 Å². The SMILES string of the molecule is CCCCNCc1cc(Br)ccc1Br. The maximum Gasteiger partial charge on any atom is 0.0221 e. The van der Waals surface area contributed by atoms with Crippen LogP contribution in [-0.2, 0) is 6.54 Å². The smallest absolute Gasteiger partial charge is 0.0221 e. The van der Waals surface area contributed by atoms with Gasteiger partial charge < -0.3 is 5.32 Å². The first-order chi connectivity index (χ1) is 6.74. The number of hydrogen-bond donors (Lipinski definition) is 1. The minimum atomic E-state index is 0.931. The highest BCUT2D eigenvalue weighted by molar-refractivity contribution is 9.11. The molecule has 1 aromatic carbocycles. The van der Waals surface area contributed by atoms with Crippen molar-refractivity contribution in [2.75, 3.05) is 6.54 Å². The monoisotopic (exact) mass is 319 g/mol. The van der Waals surface area contributed by atoms with Gasteiger partial charge in [0.1, 0.15) is 0 Å². The zero-order valence-corrected chi connectivity index (χ0v) is 11.5. The van der Waals surface area contributed by atoms with Crippen LogP contribution >= 0.6 is 31.9 Å². The van der Waals surface area contributed by atoms with E-state index in [2.05, 4.69) is 56.2 Å². The van der Waals surface area contributed by atoms with Crippen LogP contribution in [0.2, 0.25) is 0 Å². The lowest BCUT2D eigenvalue weighted by molar-refractivity contribution is 0.640. The number of halogens is 2. The van der Waals surface area contributed by atoms with Gasteiger partial charge in [-0.25, -0.2) is 0 Å². The van der Waals surface area contributed by atoms with E-state index >= 15 is 0 Å². The highest BCUT2D eigenvalue weighted by Crippen LogP contribution is 2.21. The van der Waals surface area contributed by atoms with Gasteiger partial charge in [-0.3, -0.25) is 0 Å². The predicted molar refractivity (Wildman–Crippen MR) is 68.5 cm³/mol. The standard InChI is InChI=1S/C11H15Br2N/c1-2-3-6-14-8-9-7-10(12)4-5-11(9)13/h4-5,7,14H,2-3,6,8H2,1H3. The summed E-state index contributed by atoms with van der Waals surface area (Å²) in [5.74, 6) is 0. The van der Waals surface area contributed by atoms with E-state index in [9.17, 15) is 0 Å². The summed E-state index contributed by atoms with van der Waals surface area (Å²) in [4.78, 5) is 0. The fourth-order valence-corrected chi connectivity index (χ4v) is 2.00. The fraction of sp³-hybridized carbons (Fsp3) is 0.455. The maximum atomic E-state index is 3.54. The molecule has 14 heavy (non-hydrogen) atoms. The molecule has 0 fully saturated rings. The topological polar surface area (TPSA) is 12.0 Å². The summed E-state index contributed by atoms with van der Waals surface area (Å²) in [6.45, 7) is 4.23. The molecule has 3 heteroatoms. The Morgan fingerprint density at radius 3 is 2.79 bits per heavy atom. The Balaban J connectivity index is 2.45. The molecule has 0 saturated heterocycles. The molecule has 0 unspecified atom stereocenters. The molecule has 0 aromatic heterocycles. The molecular formula is C11H15Br2N. The Bertz CT molecular complexity index is 287. The summed E-state index contributed by atoms with van der Waals surface area (Å²) in [7, 11) is 0. The molecule has 0 aliphatic rings. The number of hydrogen-bond acceptors (Lipinski definition) is 1. The number of nitrogens with one attached hydrogen (secondary N) is 1. The van der Waals surface area contributed by atoms with Gasteiger partial charge in [-0.05, 0) is 36.7 Å². The Morgan fingerprint density at radius 1 is 1.29 bits per heavy atom. The highest BCUT2D eigenvalue weighted by Gasteiger charge is 1.99. The molecule has 0 spiro atoms. The Morgan fingerprint density at radius 2 is 2.07 bits per heavy atom. The summed E-state index contributed by atoms with van der Waals surface area (Å²) < 4.78 is 2.30. The molecule has 0 radical (unpaired) electrons. The van der Waals surface area contributed by atoms with Crippen molar-refractivity contribution in [1.82, 2.24) is 5.32 Å². The van der Waals surface area contributed by atoms with Crippen LogP contribution in [0.15, 0.2) is 27.1 Å². The molecule has 0 aliphatic heterocycles. The second-order valence-electron chi connectivity index (χ2n) is 3.27. The summed E-state index contributed by atoms with van der Waals surface area (Å²) in [5.41, 5.74) is 1.30. The molecule has 0 bridgehead atoms. The van der Waals surface area contributed by atoms with Crippen LogP contribution in [0.1, 0.15) is 25.3 Å². The van der Waals surface area contributed by atoms with Gasteiger partial charge in [-0.2, -0.15) is 0 Å². The number of benzene rings is 1. The Hall–Kier alpha value is 0.140. The van der Waals surface area contributed by atoms with Crippen molar-refractivity contribution in [3.8, 4) is 0 Å². The lowest BCUT2D eigenvalue weighted by atomic mass is 10.2. The summed E-state index contributed by atoms with van der Waals surface area (Å²) in [5, 5.41) is 3.42. The summed E-state index contributed by atoms with van der Waals surface area (Å²) >= 11 is 7.01. The van der Waals surface area contributed by atoms with E-state index in [4.69, 9.17) is 0 Å². The minimum Gasteiger partial charge on any atom is -0.313 e. The van der Waals surface area contributed by atoms with Gasteiger partial charge in [0.15, 0.2) is 0 Å². The van der Waals surface area contributed by atoms with Crippen LogP contribution in [0.25, 0.3) is 0 Å². The van der Waals surface area contributed by atoms with E-state index in [1.165, 1.54) is 22.9 Å². The fourth-order valence-electron chi connectivity index (χ4n) is 1.20. The molecule has 1 N–H and O–H groups in total. The normalized spacial score (nSPS) is 10.5. The van der Waals surface area contributed by atoms with Crippen molar-refractivity contribution in [3.63, 3.8) is 0 Å². The van der Waals surface area contributed by atoms with Crippen molar-refractivity contribution in [2.45, 2.75) is 26.3 Å². The van der Waals surface area contributed by atoms with E-state index in [0.29, 0.717) is 0 Å². The molecule has 78 valence electrons. The van der Waals surface area contributed by atoms with Crippen LogP contribution in [-0.4, -0.2) is 6.54 Å². The van der Waals surface area contributed by atoms with Crippen molar-refractivity contribution in [2.24, 2.45) is 0 Å². The second kappa shape index (κ2) is 6.59. The molecule has 0 aliphatic carbocycles. The molecule has 1 aromatic rings. The second-order valence-corrected chi connectivity index (χ2v) is 5.04. The van der Waals surface area contributed by atoms with E-state index in [1.807, 2.05) is 6.07 Å². The van der Waals surface area contributed by atoms with E-state index < -0.39 is 0 Å². The molecule has 0 amide bonds. The molecule has 0 saturated carbocycles. The third kappa shape index (κ3) is 4.11. The van der Waals surface area contributed by atoms with Crippen molar-refractivity contribution in [1.29, 1.82) is 0 Å². The summed E-state index contributed by atoms with van der Waals surface area (Å²) in [6.07, 6.45) is 2.48. The maximum absolute atomic E-state index is 3.54. The largest absolute Gasteiger partial charge is 0.313 e. The Kier molecular flexibility index (Phi) is 5.75. The van der Waals surface area contributed by atoms with Gasteiger partial charge in [0.25, 0.3) is 0 Å². The molecular weight excluding hydrogens is 306 g/mol. The third-order valence-corrected chi connectivity index (χ3v) is 3.30. The lowest BCUT2D eigenvalue weighted by Gasteiger charge is -2.06. The highest BCUT2D eigenvalue weighted by atomic mass is 79.9. The zero-order valence-electron chi connectivity index (χ0n) is 8.32. The van der Waals surface area contributed by atoms with Crippen molar-refractivity contribution >= 4 is 31.9 Å². The van der Waals surface area contributed by atoms with Crippen molar-refractivity contribution < 1.29 is 0 Å². The van der Waals surface area contributed by atoms with Crippen molar-refractivity contribution in [3.05, 3.63) is 32.7 Å². The van der Waals surface area contributed by atoms with Gasteiger partial charge >= 0.3 is 0 Å². The first-order valence-electron chi connectivity index (χ1n) is 4.88. The van der Waals surface area contributed by atoms with Gasteiger partial charge in [-0.1, -0.05) is 45.2 Å². The van der Waals surface area contributed by atoms with Gasteiger partial charge in [-0.15, -0.1) is 0 Å². The third-order valence-electron chi connectivity index (χ3n) is 2.03. The average molecular weight is 321 g/mol. The van der Waals surface area contributed by atoms with Gasteiger partial charge in [0, 0.05) is 15.5 Å². The first kappa shape index (κ1) is 12.2. The van der Waals surface area contributed by atoms with Crippen LogP contribution < -0.4 is 5.32 Å². The lowest BCUT2D eigenvalue weighted by Crippen LogP contribution is -2.14. The average Bonchev–Trinajstić information content (AvgIpc) is 2.18. The van der Waals surface area contributed by atoms with Crippen LogP contribution in [0.4, 0.5) is 0 Å². The molecule has 1 nitrogen and oxygen atoms in total. The van der Waals surface area contributed by atoms with Gasteiger partial charge in [0.05, 0.1) is 0 Å². The van der Waals surface area contributed by atoms with Crippen LogP contribution in [0.3, 0.4) is 0 Å². The quantitative estimate of drug-likeness (QED) is 0.805. The van der Waals surface area contributed by atoms with E-state index in [0.717, 1.165) is 17.6 Å². The number of rotatable bonds is 5. The predicted octanol–water partition coefficient (Wildman–Crippen LogP) is 4.10. The van der Waals surface area contributed by atoms with Gasteiger partial charge in [0.2, 0.25) is 0 Å². The number of unbranched alkanes of at least 4 members (excludes halogenated alkanes) is 1. The molecule has 1 rings (SSSR count). The van der Waals surface area contributed by atoms with E-state index in [1.54, 1.807) is 0 Å². The first-order valence-corrected chi connectivity index (χ1v) is 6.47. The molecule has 0 atom stereocenters. The minimum absolute atomic E-state index is 0.931. The summed E-state index contributed by atoms with van der Waals surface area (Å²) in [6, 6.07) is 6.25. The van der Waals surface area contributed by atoms with Crippen LogP contribution in [0, 0.1) is 0 Å². The van der Waals surface area contributed by atoms with E-state index in [-0.39, 0.29) is 0 Å². The van der Waals surface area contributed by atoms with Crippen LogP contribution in [0.5, 0.6) is 0 Å².